The Morgan fingerprint density at radius 3 is 2.67 bits per heavy atom. The van der Waals surface area contributed by atoms with Gasteiger partial charge in [-0.15, -0.1) is 11.8 Å². The molecule has 0 aliphatic rings. The number of furan rings is 1. The number of carbonyl (C=O) groups is 1. The molecule has 152 valence electrons. The molecule has 0 bridgehead atoms. The van der Waals surface area contributed by atoms with Crippen LogP contribution >= 0.6 is 11.8 Å². The van der Waals surface area contributed by atoms with Gasteiger partial charge in [0.25, 0.3) is 5.89 Å². The van der Waals surface area contributed by atoms with Crippen LogP contribution in [0.2, 0.25) is 0 Å². The first-order valence-electron chi connectivity index (χ1n) is 9.09. The Morgan fingerprint density at radius 2 is 1.87 bits per heavy atom. The van der Waals surface area contributed by atoms with E-state index < -0.39 is 0 Å². The quantitative estimate of drug-likeness (QED) is 0.455. The van der Waals surface area contributed by atoms with E-state index in [1.165, 1.54) is 23.9 Å². The SMILES string of the molecule is O=C(CSCc1ccc(-c2nc(-c3ccncc3)no2)o1)NCc1ccc(F)cc1. The van der Waals surface area contributed by atoms with E-state index in [1.807, 2.05) is 6.07 Å². The van der Waals surface area contributed by atoms with Crippen molar-refractivity contribution in [1.29, 1.82) is 0 Å². The normalized spacial score (nSPS) is 10.8. The van der Waals surface area contributed by atoms with Crippen molar-refractivity contribution in [2.45, 2.75) is 12.3 Å². The minimum atomic E-state index is -0.299. The number of benzene rings is 1. The Labute approximate surface area is 175 Å². The van der Waals surface area contributed by atoms with Gasteiger partial charge < -0.3 is 14.3 Å². The van der Waals surface area contributed by atoms with Gasteiger partial charge in [-0.05, 0) is 42.0 Å². The van der Waals surface area contributed by atoms with E-state index in [0.29, 0.717) is 29.6 Å². The molecule has 0 spiro atoms. The van der Waals surface area contributed by atoms with Crippen LogP contribution in [0.15, 0.2) is 69.9 Å². The number of amides is 1. The fourth-order valence-electron chi connectivity index (χ4n) is 2.61. The summed E-state index contributed by atoms with van der Waals surface area (Å²) in [6.07, 6.45) is 3.31. The minimum Gasteiger partial charge on any atom is -0.455 e. The predicted octanol–water partition coefficient (Wildman–Crippen LogP) is 4.08. The topological polar surface area (TPSA) is 94.0 Å². The molecule has 3 aromatic heterocycles. The number of aromatic nitrogens is 3. The van der Waals surface area contributed by atoms with Crippen molar-refractivity contribution >= 4 is 17.7 Å². The van der Waals surface area contributed by atoms with Gasteiger partial charge in [-0.25, -0.2) is 4.39 Å². The molecule has 0 saturated heterocycles. The molecule has 1 aromatic carbocycles. The molecule has 4 aromatic rings. The molecular formula is C21H17FN4O3S. The second-order valence-electron chi connectivity index (χ2n) is 6.32. The molecule has 3 heterocycles. The highest BCUT2D eigenvalue weighted by molar-refractivity contribution is 7.99. The van der Waals surface area contributed by atoms with Gasteiger partial charge in [0, 0.05) is 24.5 Å². The highest BCUT2D eigenvalue weighted by atomic mass is 32.2. The van der Waals surface area contributed by atoms with Crippen LogP contribution in [-0.4, -0.2) is 26.8 Å². The summed E-state index contributed by atoms with van der Waals surface area (Å²) in [5.41, 5.74) is 1.64. The van der Waals surface area contributed by atoms with E-state index >= 15 is 0 Å². The maximum Gasteiger partial charge on any atom is 0.293 e. The van der Waals surface area contributed by atoms with E-state index in [0.717, 1.165) is 11.1 Å². The number of pyridine rings is 1. The van der Waals surface area contributed by atoms with Crippen molar-refractivity contribution in [3.8, 4) is 23.0 Å². The summed E-state index contributed by atoms with van der Waals surface area (Å²) in [6, 6.07) is 13.2. The number of rotatable bonds is 8. The number of halogens is 1. The molecular weight excluding hydrogens is 407 g/mol. The maximum atomic E-state index is 12.9. The molecule has 7 nitrogen and oxygen atoms in total. The molecule has 30 heavy (non-hydrogen) atoms. The highest BCUT2D eigenvalue weighted by Gasteiger charge is 2.14. The molecule has 0 unspecified atom stereocenters. The van der Waals surface area contributed by atoms with E-state index in [-0.39, 0.29) is 23.4 Å². The summed E-state index contributed by atoms with van der Waals surface area (Å²) in [5, 5.41) is 6.76. The van der Waals surface area contributed by atoms with Crippen molar-refractivity contribution in [1.82, 2.24) is 20.4 Å². The fraction of sp³-hybridized carbons (Fsp3) is 0.143. The number of nitrogens with one attached hydrogen (secondary N) is 1. The number of nitrogens with zero attached hydrogens (tertiary/aromatic N) is 3. The minimum absolute atomic E-state index is 0.102. The van der Waals surface area contributed by atoms with Crippen molar-refractivity contribution in [3.05, 3.63) is 78.1 Å². The second kappa shape index (κ2) is 9.36. The van der Waals surface area contributed by atoms with Crippen LogP contribution in [0.5, 0.6) is 0 Å². The largest absolute Gasteiger partial charge is 0.455 e. The number of hydrogen-bond donors (Lipinski definition) is 1. The number of thioether (sulfide) groups is 1. The summed E-state index contributed by atoms with van der Waals surface area (Å²) in [5.74, 6) is 2.32. The lowest BCUT2D eigenvalue weighted by atomic mass is 10.2. The Bertz CT molecular complexity index is 1110. The first-order valence-corrected chi connectivity index (χ1v) is 10.2. The van der Waals surface area contributed by atoms with Crippen LogP contribution in [0.3, 0.4) is 0 Å². The van der Waals surface area contributed by atoms with Crippen LogP contribution in [0.25, 0.3) is 23.0 Å². The lowest BCUT2D eigenvalue weighted by molar-refractivity contribution is -0.118. The molecule has 0 radical (unpaired) electrons. The van der Waals surface area contributed by atoms with E-state index in [2.05, 4.69) is 20.4 Å². The Kier molecular flexibility index (Phi) is 6.19. The standard InChI is InChI=1S/C21H17FN4O3S/c22-16-3-1-14(2-4-16)11-24-19(27)13-30-12-17-5-6-18(28-17)21-25-20(26-29-21)15-7-9-23-10-8-15/h1-10H,11-13H2,(H,24,27). The van der Waals surface area contributed by atoms with Gasteiger partial charge in [0.05, 0.1) is 11.5 Å². The molecule has 0 atom stereocenters. The van der Waals surface area contributed by atoms with Crippen molar-refractivity contribution in [2.75, 3.05) is 5.75 Å². The lowest BCUT2D eigenvalue weighted by Crippen LogP contribution is -2.24. The predicted molar refractivity (Wildman–Crippen MR) is 110 cm³/mol. The van der Waals surface area contributed by atoms with Gasteiger partial charge in [-0.3, -0.25) is 9.78 Å². The molecule has 4 rings (SSSR count). The fourth-order valence-corrected chi connectivity index (χ4v) is 3.36. The Hall–Kier alpha value is -3.46. The van der Waals surface area contributed by atoms with E-state index in [1.54, 1.807) is 42.7 Å². The number of carbonyl (C=O) groups excluding carboxylic acids is 1. The zero-order valence-electron chi connectivity index (χ0n) is 15.7. The first kappa shape index (κ1) is 19.8. The van der Waals surface area contributed by atoms with Gasteiger partial charge in [0.1, 0.15) is 11.6 Å². The molecule has 9 heteroatoms. The van der Waals surface area contributed by atoms with Gasteiger partial charge >= 0.3 is 0 Å². The Morgan fingerprint density at radius 1 is 1.07 bits per heavy atom. The summed E-state index contributed by atoms with van der Waals surface area (Å²) >= 11 is 1.42. The van der Waals surface area contributed by atoms with Crippen LogP contribution < -0.4 is 5.32 Å². The zero-order chi connectivity index (χ0) is 20.8. The second-order valence-corrected chi connectivity index (χ2v) is 7.31. The summed E-state index contributed by atoms with van der Waals surface area (Å²) in [7, 11) is 0. The molecule has 0 aliphatic carbocycles. The maximum absolute atomic E-state index is 12.9. The van der Waals surface area contributed by atoms with E-state index in [9.17, 15) is 9.18 Å². The third-order valence-corrected chi connectivity index (χ3v) is 5.07. The molecule has 1 amide bonds. The first-order chi connectivity index (χ1) is 14.7. The third-order valence-electron chi connectivity index (χ3n) is 4.12. The summed E-state index contributed by atoms with van der Waals surface area (Å²) in [4.78, 5) is 20.3. The lowest BCUT2D eigenvalue weighted by Gasteiger charge is -2.05. The van der Waals surface area contributed by atoms with Gasteiger partial charge in [-0.2, -0.15) is 4.98 Å². The van der Waals surface area contributed by atoms with Crippen LogP contribution in [0, 0.1) is 5.82 Å². The van der Waals surface area contributed by atoms with Crippen molar-refractivity contribution < 1.29 is 18.1 Å². The van der Waals surface area contributed by atoms with E-state index in [4.69, 9.17) is 8.94 Å². The monoisotopic (exact) mass is 424 g/mol. The molecule has 0 fully saturated rings. The van der Waals surface area contributed by atoms with Crippen molar-refractivity contribution in [3.63, 3.8) is 0 Å². The highest BCUT2D eigenvalue weighted by Crippen LogP contribution is 2.25. The summed E-state index contributed by atoms with van der Waals surface area (Å²) < 4.78 is 23.9. The van der Waals surface area contributed by atoms with Crippen molar-refractivity contribution in [2.24, 2.45) is 0 Å². The van der Waals surface area contributed by atoms with Gasteiger partial charge in [0.2, 0.25) is 11.7 Å². The molecule has 0 aliphatic heterocycles. The molecule has 1 N–H and O–H groups in total. The zero-order valence-corrected chi connectivity index (χ0v) is 16.6. The van der Waals surface area contributed by atoms with Crippen LogP contribution in [-0.2, 0) is 17.1 Å². The van der Waals surface area contributed by atoms with Gasteiger partial charge in [0.15, 0.2) is 5.76 Å². The van der Waals surface area contributed by atoms with Crippen LogP contribution in [0.1, 0.15) is 11.3 Å². The average molecular weight is 424 g/mol. The Balaban J connectivity index is 1.25. The van der Waals surface area contributed by atoms with Crippen LogP contribution in [0.4, 0.5) is 4.39 Å². The summed E-state index contributed by atoms with van der Waals surface area (Å²) in [6.45, 7) is 0.363. The number of hydrogen-bond acceptors (Lipinski definition) is 7. The van der Waals surface area contributed by atoms with Gasteiger partial charge in [-0.1, -0.05) is 17.3 Å². The smallest absolute Gasteiger partial charge is 0.293 e. The average Bonchev–Trinajstić information content (AvgIpc) is 3.44. The third kappa shape index (κ3) is 5.12. The molecule has 0 saturated carbocycles.